The third-order valence-corrected chi connectivity index (χ3v) is 4.06. The van der Waals surface area contributed by atoms with Crippen LogP contribution in [0.3, 0.4) is 0 Å². The maximum atomic E-state index is 14.2. The Labute approximate surface area is 161 Å². The molecule has 1 aromatic heterocycles. The number of sulfonamides is 1. The average molecular weight is 398 g/mol. The van der Waals surface area contributed by atoms with Gasteiger partial charge in [-0.05, 0) is 30.3 Å². The van der Waals surface area contributed by atoms with Gasteiger partial charge >= 0.3 is 0 Å². The molecule has 0 aliphatic carbocycles. The monoisotopic (exact) mass is 398 g/mol. The van der Waals surface area contributed by atoms with Gasteiger partial charge in [0, 0.05) is 5.69 Å². The van der Waals surface area contributed by atoms with E-state index in [-0.39, 0.29) is 17.5 Å². The van der Waals surface area contributed by atoms with Gasteiger partial charge in [-0.15, -0.1) is 0 Å². The highest BCUT2D eigenvalue weighted by molar-refractivity contribution is 7.92. The molecule has 1 heterocycles. The Morgan fingerprint density at radius 1 is 1.07 bits per heavy atom. The molecule has 3 N–H and O–H groups in total. The second-order valence-electron chi connectivity index (χ2n) is 5.75. The molecule has 0 radical (unpaired) electrons. The first kappa shape index (κ1) is 19.1. The zero-order valence-electron chi connectivity index (χ0n) is 14.6. The summed E-state index contributed by atoms with van der Waals surface area (Å²) in [5.41, 5.74) is 1.59. The van der Waals surface area contributed by atoms with Crippen molar-refractivity contribution in [2.24, 2.45) is 0 Å². The summed E-state index contributed by atoms with van der Waals surface area (Å²) in [6.07, 6.45) is 2.00. The number of aromatic nitrogens is 2. The smallest absolute Gasteiger partial charge is 0.229 e. The summed E-state index contributed by atoms with van der Waals surface area (Å²) in [4.78, 5) is 7.97. The predicted molar refractivity (Wildman–Crippen MR) is 105 cm³/mol. The first-order valence-corrected chi connectivity index (χ1v) is 9.87. The van der Waals surface area contributed by atoms with Gasteiger partial charge in [0.25, 0.3) is 0 Å². The molecule has 0 atom stereocenters. The lowest BCUT2D eigenvalue weighted by atomic mass is 10.2. The first-order chi connectivity index (χ1) is 13.3. The van der Waals surface area contributed by atoms with E-state index in [2.05, 4.69) is 25.3 Å². The standard InChI is InChI=1S/C18H15FN6O2S/c1-28(26,27)25-16-8-3-2-7-15(16)23-17-14(19)11-21-18(24-17)22-13-6-4-5-12(9-13)10-20/h2-9,11,25H,1H3,(H2,21,22,23,24). The largest absolute Gasteiger partial charge is 0.336 e. The third kappa shape index (κ3) is 4.93. The van der Waals surface area contributed by atoms with Crippen LogP contribution in [-0.4, -0.2) is 24.6 Å². The fraction of sp³-hybridized carbons (Fsp3) is 0.0556. The second kappa shape index (κ2) is 7.89. The van der Waals surface area contributed by atoms with Crippen molar-refractivity contribution in [1.82, 2.24) is 9.97 Å². The fourth-order valence-corrected chi connectivity index (χ4v) is 2.90. The Morgan fingerprint density at radius 2 is 1.82 bits per heavy atom. The predicted octanol–water partition coefficient (Wildman–Crippen LogP) is 3.35. The molecule has 0 fully saturated rings. The summed E-state index contributed by atoms with van der Waals surface area (Å²) in [6.45, 7) is 0. The molecule has 3 aromatic rings. The van der Waals surface area contributed by atoms with Crippen molar-refractivity contribution in [1.29, 1.82) is 5.26 Å². The Kier molecular flexibility index (Phi) is 5.37. The van der Waals surface area contributed by atoms with E-state index >= 15 is 0 Å². The maximum Gasteiger partial charge on any atom is 0.229 e. The fourth-order valence-electron chi connectivity index (χ4n) is 2.32. The highest BCUT2D eigenvalue weighted by Gasteiger charge is 2.12. The van der Waals surface area contributed by atoms with E-state index in [1.165, 1.54) is 6.07 Å². The zero-order chi connectivity index (χ0) is 20.1. The number of para-hydroxylation sites is 2. The topological polar surface area (TPSA) is 120 Å². The van der Waals surface area contributed by atoms with Gasteiger partial charge in [-0.2, -0.15) is 10.2 Å². The SMILES string of the molecule is CS(=O)(=O)Nc1ccccc1Nc1nc(Nc2cccc(C#N)c2)ncc1F. The van der Waals surface area contributed by atoms with Crippen LogP contribution in [0, 0.1) is 17.1 Å². The van der Waals surface area contributed by atoms with Crippen LogP contribution in [0.25, 0.3) is 0 Å². The molecule has 0 unspecified atom stereocenters. The summed E-state index contributed by atoms with van der Waals surface area (Å²) >= 11 is 0. The Balaban J connectivity index is 1.88. The van der Waals surface area contributed by atoms with Gasteiger partial charge in [-0.1, -0.05) is 18.2 Å². The van der Waals surface area contributed by atoms with Crippen LogP contribution >= 0.6 is 0 Å². The number of rotatable bonds is 6. The zero-order valence-corrected chi connectivity index (χ0v) is 15.5. The van der Waals surface area contributed by atoms with E-state index in [0.29, 0.717) is 16.9 Å². The van der Waals surface area contributed by atoms with Crippen molar-refractivity contribution < 1.29 is 12.8 Å². The number of hydrogen-bond donors (Lipinski definition) is 3. The number of nitriles is 1. The van der Waals surface area contributed by atoms with Crippen molar-refractivity contribution >= 4 is 38.9 Å². The van der Waals surface area contributed by atoms with Crippen molar-refractivity contribution in [2.75, 3.05) is 21.6 Å². The Morgan fingerprint density at radius 3 is 2.54 bits per heavy atom. The van der Waals surface area contributed by atoms with E-state index in [4.69, 9.17) is 5.26 Å². The highest BCUT2D eigenvalue weighted by atomic mass is 32.2. The van der Waals surface area contributed by atoms with E-state index < -0.39 is 15.8 Å². The molecule has 2 aromatic carbocycles. The van der Waals surface area contributed by atoms with Crippen LogP contribution < -0.4 is 15.4 Å². The van der Waals surface area contributed by atoms with Crippen LogP contribution in [0.2, 0.25) is 0 Å². The molecule has 8 nitrogen and oxygen atoms in total. The van der Waals surface area contributed by atoms with Gasteiger partial charge < -0.3 is 10.6 Å². The summed E-state index contributed by atoms with van der Waals surface area (Å²) in [6, 6.07) is 15.1. The third-order valence-electron chi connectivity index (χ3n) is 3.47. The molecule has 0 aliphatic heterocycles. The van der Waals surface area contributed by atoms with Crippen LogP contribution in [0.4, 0.5) is 33.2 Å². The molecule has 0 saturated heterocycles. The summed E-state index contributed by atoms with van der Waals surface area (Å²) in [5.74, 6) is -0.755. The molecule has 10 heteroatoms. The number of nitrogens with zero attached hydrogens (tertiary/aromatic N) is 3. The minimum absolute atomic E-state index is 0.104. The lowest BCUT2D eigenvalue weighted by Crippen LogP contribution is -2.11. The van der Waals surface area contributed by atoms with E-state index in [1.807, 2.05) is 6.07 Å². The van der Waals surface area contributed by atoms with E-state index in [9.17, 15) is 12.8 Å². The highest BCUT2D eigenvalue weighted by Crippen LogP contribution is 2.27. The van der Waals surface area contributed by atoms with Crippen molar-refractivity contribution in [2.45, 2.75) is 0 Å². The van der Waals surface area contributed by atoms with Crippen LogP contribution in [0.5, 0.6) is 0 Å². The molecule has 142 valence electrons. The molecule has 0 saturated carbocycles. The Bertz CT molecular complexity index is 1160. The molecule has 28 heavy (non-hydrogen) atoms. The molecule has 0 spiro atoms. The minimum Gasteiger partial charge on any atom is -0.336 e. The normalized spacial score (nSPS) is 10.8. The summed E-state index contributed by atoms with van der Waals surface area (Å²) < 4.78 is 39.6. The molecule has 3 rings (SSSR count). The van der Waals surface area contributed by atoms with Gasteiger partial charge in [0.15, 0.2) is 11.6 Å². The van der Waals surface area contributed by atoms with Gasteiger partial charge in [0.1, 0.15) is 0 Å². The lowest BCUT2D eigenvalue weighted by Gasteiger charge is -2.13. The van der Waals surface area contributed by atoms with Crippen LogP contribution in [0.1, 0.15) is 5.56 Å². The van der Waals surface area contributed by atoms with Crippen molar-refractivity contribution in [3.05, 3.63) is 66.1 Å². The van der Waals surface area contributed by atoms with E-state index in [1.54, 1.807) is 42.5 Å². The quantitative estimate of drug-likeness (QED) is 0.582. The van der Waals surface area contributed by atoms with Crippen molar-refractivity contribution in [3.8, 4) is 6.07 Å². The average Bonchev–Trinajstić information content (AvgIpc) is 2.65. The molecular formula is C18H15FN6O2S. The minimum atomic E-state index is -3.51. The number of nitrogens with one attached hydrogen (secondary N) is 3. The molecule has 0 amide bonds. The first-order valence-electron chi connectivity index (χ1n) is 7.97. The summed E-state index contributed by atoms with van der Waals surface area (Å²) in [5, 5.41) is 14.6. The van der Waals surface area contributed by atoms with Gasteiger partial charge in [0.2, 0.25) is 16.0 Å². The van der Waals surface area contributed by atoms with Gasteiger partial charge in [-0.25, -0.2) is 17.8 Å². The van der Waals surface area contributed by atoms with Crippen molar-refractivity contribution in [3.63, 3.8) is 0 Å². The Hall–Kier alpha value is -3.71. The van der Waals surface area contributed by atoms with Crippen LogP contribution in [-0.2, 0) is 10.0 Å². The maximum absolute atomic E-state index is 14.2. The molecule has 0 bridgehead atoms. The summed E-state index contributed by atoms with van der Waals surface area (Å²) in [7, 11) is -3.51. The lowest BCUT2D eigenvalue weighted by molar-refractivity contribution is 0.607. The van der Waals surface area contributed by atoms with Gasteiger partial charge in [0.05, 0.1) is 35.5 Å². The second-order valence-corrected chi connectivity index (χ2v) is 7.50. The molecule has 0 aliphatic rings. The number of halogens is 1. The number of benzene rings is 2. The number of hydrogen-bond acceptors (Lipinski definition) is 7. The van der Waals surface area contributed by atoms with Crippen LogP contribution in [0.15, 0.2) is 54.7 Å². The van der Waals surface area contributed by atoms with Gasteiger partial charge in [-0.3, -0.25) is 4.72 Å². The van der Waals surface area contributed by atoms with E-state index in [0.717, 1.165) is 12.5 Å². The molecular weight excluding hydrogens is 383 g/mol. The number of anilines is 5.